The van der Waals surface area contributed by atoms with Gasteiger partial charge in [0.25, 0.3) is 0 Å². The van der Waals surface area contributed by atoms with Crippen LogP contribution in [0.5, 0.6) is 0 Å². The average molecular weight is 271 g/mol. The van der Waals surface area contributed by atoms with Crippen LogP contribution in [0, 0.1) is 6.92 Å². The third-order valence-corrected chi connectivity index (χ3v) is 2.90. The lowest BCUT2D eigenvalue weighted by atomic mass is 10.1. The molecule has 0 aliphatic heterocycles. The van der Waals surface area contributed by atoms with Crippen LogP contribution in [-0.4, -0.2) is 22.5 Å². The fourth-order valence-electron chi connectivity index (χ4n) is 1.78. The van der Waals surface area contributed by atoms with Gasteiger partial charge in [0.1, 0.15) is 11.4 Å². The maximum absolute atomic E-state index is 11.8. The van der Waals surface area contributed by atoms with Gasteiger partial charge in [-0.05, 0) is 43.2 Å². The molecule has 104 valence electrons. The van der Waals surface area contributed by atoms with Crippen molar-refractivity contribution in [1.29, 1.82) is 0 Å². The summed E-state index contributed by atoms with van der Waals surface area (Å²) >= 11 is 0. The molecule has 5 nitrogen and oxygen atoms in total. The van der Waals surface area contributed by atoms with Crippen molar-refractivity contribution in [1.82, 2.24) is 9.97 Å². The molecule has 0 aliphatic rings. The number of nitrogens with one attached hydrogen (secondary N) is 1. The fraction of sp³-hybridized carbons (Fsp3) is 0.267. The molecule has 0 aromatic carbocycles. The topological polar surface area (TPSA) is 64.1 Å². The number of aromatic nitrogens is 2. The van der Waals surface area contributed by atoms with Gasteiger partial charge >= 0.3 is 5.97 Å². The minimum Gasteiger partial charge on any atom is -0.462 e. The first kappa shape index (κ1) is 14.0. The molecule has 0 bridgehead atoms. The molecule has 0 aliphatic carbocycles. The molecule has 0 unspecified atom stereocenters. The van der Waals surface area contributed by atoms with E-state index >= 15 is 0 Å². The van der Waals surface area contributed by atoms with Crippen LogP contribution in [-0.2, 0) is 11.3 Å². The van der Waals surface area contributed by atoms with Crippen molar-refractivity contribution in [2.75, 3.05) is 11.9 Å². The van der Waals surface area contributed by atoms with Gasteiger partial charge in [0, 0.05) is 25.1 Å². The highest BCUT2D eigenvalue weighted by Crippen LogP contribution is 2.15. The Hall–Kier alpha value is -2.43. The van der Waals surface area contributed by atoms with Crippen LogP contribution in [0.15, 0.2) is 36.8 Å². The number of pyridine rings is 2. The number of ether oxygens (including phenoxy) is 1. The summed E-state index contributed by atoms with van der Waals surface area (Å²) in [6.45, 7) is 4.70. The van der Waals surface area contributed by atoms with E-state index in [2.05, 4.69) is 15.3 Å². The van der Waals surface area contributed by atoms with Crippen LogP contribution >= 0.6 is 0 Å². The second kappa shape index (κ2) is 6.65. The lowest BCUT2D eigenvalue weighted by molar-refractivity contribution is 0.0527. The van der Waals surface area contributed by atoms with Gasteiger partial charge < -0.3 is 10.1 Å². The molecule has 0 radical (unpaired) electrons. The molecule has 0 saturated carbocycles. The number of nitrogens with zero attached hydrogens (tertiary/aromatic N) is 2. The Morgan fingerprint density at radius 1 is 1.35 bits per heavy atom. The molecule has 0 amide bonds. The summed E-state index contributed by atoms with van der Waals surface area (Å²) in [7, 11) is 0. The molecular formula is C15H17N3O2. The molecule has 0 spiro atoms. The SMILES string of the molecule is CCOC(=O)c1cccnc1NCc1cnccc1C. The van der Waals surface area contributed by atoms with Crippen LogP contribution < -0.4 is 5.32 Å². The normalized spacial score (nSPS) is 10.1. The number of hydrogen-bond acceptors (Lipinski definition) is 5. The number of hydrogen-bond donors (Lipinski definition) is 1. The van der Waals surface area contributed by atoms with Crippen LogP contribution in [0.4, 0.5) is 5.82 Å². The molecule has 2 aromatic heterocycles. The van der Waals surface area contributed by atoms with Gasteiger partial charge in [-0.1, -0.05) is 0 Å². The quantitative estimate of drug-likeness (QED) is 0.847. The van der Waals surface area contributed by atoms with Crippen LogP contribution in [0.1, 0.15) is 28.4 Å². The number of rotatable bonds is 5. The molecule has 2 rings (SSSR count). The molecule has 2 aromatic rings. The third-order valence-electron chi connectivity index (χ3n) is 2.90. The molecule has 0 atom stereocenters. The first-order valence-electron chi connectivity index (χ1n) is 6.48. The maximum Gasteiger partial charge on any atom is 0.341 e. The fourth-order valence-corrected chi connectivity index (χ4v) is 1.78. The Bertz CT molecular complexity index is 599. The standard InChI is InChI=1S/C15H17N3O2/c1-3-20-15(19)13-5-4-7-17-14(13)18-10-12-9-16-8-6-11(12)2/h4-9H,3,10H2,1-2H3,(H,17,18). The molecule has 2 heterocycles. The van der Waals surface area contributed by atoms with Crippen molar-refractivity contribution in [2.24, 2.45) is 0 Å². The second-order valence-corrected chi connectivity index (χ2v) is 4.28. The first-order valence-corrected chi connectivity index (χ1v) is 6.48. The van der Waals surface area contributed by atoms with Crippen molar-refractivity contribution in [2.45, 2.75) is 20.4 Å². The van der Waals surface area contributed by atoms with Gasteiger partial charge in [-0.25, -0.2) is 9.78 Å². The van der Waals surface area contributed by atoms with E-state index in [1.807, 2.05) is 13.0 Å². The Balaban J connectivity index is 2.14. The van der Waals surface area contributed by atoms with Gasteiger partial charge in [-0.15, -0.1) is 0 Å². The summed E-state index contributed by atoms with van der Waals surface area (Å²) in [5.41, 5.74) is 2.64. The van der Waals surface area contributed by atoms with E-state index in [1.165, 1.54) is 0 Å². The van der Waals surface area contributed by atoms with E-state index in [1.54, 1.807) is 37.6 Å². The smallest absolute Gasteiger partial charge is 0.341 e. The van der Waals surface area contributed by atoms with Gasteiger partial charge in [0.05, 0.1) is 6.61 Å². The minimum absolute atomic E-state index is 0.342. The molecule has 0 saturated heterocycles. The van der Waals surface area contributed by atoms with E-state index in [0.717, 1.165) is 11.1 Å². The summed E-state index contributed by atoms with van der Waals surface area (Å²) in [4.78, 5) is 20.1. The molecule has 0 fully saturated rings. The molecule has 20 heavy (non-hydrogen) atoms. The summed E-state index contributed by atoms with van der Waals surface area (Å²) in [5, 5.41) is 3.16. The monoisotopic (exact) mass is 271 g/mol. The first-order chi connectivity index (χ1) is 9.72. The number of esters is 1. The summed E-state index contributed by atoms with van der Waals surface area (Å²) < 4.78 is 5.01. The van der Waals surface area contributed by atoms with Crippen LogP contribution in [0.25, 0.3) is 0 Å². The Morgan fingerprint density at radius 3 is 2.95 bits per heavy atom. The maximum atomic E-state index is 11.8. The predicted octanol–water partition coefficient (Wildman–Crippen LogP) is 2.57. The highest BCUT2D eigenvalue weighted by molar-refractivity contribution is 5.94. The molecular weight excluding hydrogens is 254 g/mol. The second-order valence-electron chi connectivity index (χ2n) is 4.28. The number of anilines is 1. The highest BCUT2D eigenvalue weighted by Gasteiger charge is 2.13. The van der Waals surface area contributed by atoms with E-state index in [9.17, 15) is 4.79 Å². The van der Waals surface area contributed by atoms with Crippen molar-refractivity contribution in [3.63, 3.8) is 0 Å². The van der Waals surface area contributed by atoms with Crippen molar-refractivity contribution < 1.29 is 9.53 Å². The molecule has 5 heteroatoms. The van der Waals surface area contributed by atoms with E-state index in [0.29, 0.717) is 24.5 Å². The van der Waals surface area contributed by atoms with E-state index in [-0.39, 0.29) is 5.97 Å². The highest BCUT2D eigenvalue weighted by atomic mass is 16.5. The zero-order valence-corrected chi connectivity index (χ0v) is 11.6. The summed E-state index contributed by atoms with van der Waals surface area (Å²) in [5.74, 6) is 0.153. The van der Waals surface area contributed by atoms with Crippen molar-refractivity contribution in [3.8, 4) is 0 Å². The largest absolute Gasteiger partial charge is 0.462 e. The Kier molecular flexibility index (Phi) is 4.65. The number of aryl methyl sites for hydroxylation is 1. The number of carbonyl (C=O) groups is 1. The van der Waals surface area contributed by atoms with E-state index in [4.69, 9.17) is 4.74 Å². The molecule has 1 N–H and O–H groups in total. The van der Waals surface area contributed by atoms with Gasteiger partial charge in [0.15, 0.2) is 0 Å². The summed E-state index contributed by atoms with van der Waals surface area (Å²) in [6.07, 6.45) is 5.19. The predicted molar refractivity (Wildman–Crippen MR) is 76.5 cm³/mol. The third kappa shape index (κ3) is 3.32. The lowest BCUT2D eigenvalue weighted by Gasteiger charge is -2.11. The van der Waals surface area contributed by atoms with Crippen molar-refractivity contribution >= 4 is 11.8 Å². The van der Waals surface area contributed by atoms with E-state index < -0.39 is 0 Å². The van der Waals surface area contributed by atoms with Gasteiger partial charge in [-0.2, -0.15) is 0 Å². The Labute approximate surface area is 118 Å². The van der Waals surface area contributed by atoms with Crippen molar-refractivity contribution in [3.05, 3.63) is 53.5 Å². The number of carbonyl (C=O) groups excluding carboxylic acids is 1. The van der Waals surface area contributed by atoms with Crippen LogP contribution in [0.2, 0.25) is 0 Å². The van der Waals surface area contributed by atoms with Crippen LogP contribution in [0.3, 0.4) is 0 Å². The van der Waals surface area contributed by atoms with Gasteiger partial charge in [0.2, 0.25) is 0 Å². The van der Waals surface area contributed by atoms with Gasteiger partial charge in [-0.3, -0.25) is 4.98 Å². The average Bonchev–Trinajstić information content (AvgIpc) is 2.47. The summed E-state index contributed by atoms with van der Waals surface area (Å²) in [6, 6.07) is 5.36. The lowest BCUT2D eigenvalue weighted by Crippen LogP contribution is -2.11. The minimum atomic E-state index is -0.369. The zero-order valence-electron chi connectivity index (χ0n) is 11.6. The zero-order chi connectivity index (χ0) is 14.4. The Morgan fingerprint density at radius 2 is 2.20 bits per heavy atom.